The number of methoxy groups -OCH3 is 1. The molecule has 0 aliphatic carbocycles. The van der Waals surface area contributed by atoms with E-state index in [1.807, 2.05) is 69.2 Å². The Morgan fingerprint density at radius 3 is 1.13 bits per heavy atom. The van der Waals surface area contributed by atoms with Gasteiger partial charge in [0.2, 0.25) is 41.3 Å². The Balaban J connectivity index is -0.000000114. The molecule has 10 N–H and O–H groups in total. The quantitative estimate of drug-likeness (QED) is 0.0113. The van der Waals surface area contributed by atoms with E-state index in [0.29, 0.717) is 51.9 Å². The first kappa shape index (κ1) is 124. The zero-order valence-electron chi connectivity index (χ0n) is 63.4. The molecule has 8 aromatic rings. The van der Waals surface area contributed by atoms with E-state index in [1.54, 1.807) is 6.92 Å². The van der Waals surface area contributed by atoms with Crippen LogP contribution < -0.4 is 52.7 Å². The van der Waals surface area contributed by atoms with Crippen molar-refractivity contribution in [3.8, 4) is 34.6 Å². The first-order valence-corrected chi connectivity index (χ1v) is 27.8. The molecule has 0 radical (unpaired) electrons. The molecule has 8 aromatic heterocycles. The molecule has 580 valence electrons. The van der Waals surface area contributed by atoms with E-state index in [0.717, 1.165) is 48.2 Å². The van der Waals surface area contributed by atoms with Crippen LogP contribution in [0.5, 0.6) is 0 Å². The first-order chi connectivity index (χ1) is 43.8. The standard InChI is InChI=1S/C12H11ClFN4O.C12H13FN5O.C12H12FN4O2.C10H13N2O3.C9H13N4O.C5H6FO2.5CH3.H3N.Na.H2O.5W/c1-6(2)12-16-9(5-18(12)7(3)19)11-15-4-8(14)10(13)17-11;1-6(2)12-16-9(5-18(12)7(3)19)11-15-4-8(13)10(14)17-11;1-6(2)11-15-9(5-17(11)7(3)18)10-14-4-8(13)12(19)16-10;1-6(2)9-11-8(10(14)15-4)5-12(9)7(3)13;1-5(2)9-12-7(8(10)11)4-13(9)6(3)14;1-3-8-5(7)4(2)6;;;;;;;;;;;;;/h4-5H,1-3H3;4-5H,1-3H3,(H2,14,15,17);4-5H,1-3H3,(H,14,16,19);5H,1-4H3;4H,1-3H3,(H3,10,11);2H,3H2,1H3;6*1H3;;1H2;;;;;/q11*-1;;+1;;5*+2/p-1. The number of esters is 2. The monoisotopic (exact) mass is 2380 g/mol. The molecule has 0 spiro atoms. The SMILES string of the molecule is CC(=O)n1cc(-c2ncc(F)c(=O)[nH]2)nc1[C-](C)C.CC(=O)n1cc(-c2ncc(F)c(Cl)n2)nc1[C-](C)C.CC(=O)n1cc(-c2ncc(F)c(N)n2)nc1[C-](C)C.CC(=O)n1cc(C(=N)N)nc1[C-](C)C.COC(=O)c1cn(C(C)=O)c([C-](C)C)n1.N.[CH-]=C(F)C(=O)OCC.[CH3-].[CH3-].[CH3-].[CH3-].[CH3-].[Na+].[OH-].[W+2].[W+2].[W+2].[W+2].[W+2]. The topological polar surface area (TPSA) is 465 Å². The van der Waals surface area contributed by atoms with Gasteiger partial charge in [0.1, 0.15) is 28.6 Å². The van der Waals surface area contributed by atoms with E-state index in [4.69, 9.17) is 28.5 Å². The van der Waals surface area contributed by atoms with Crippen LogP contribution in [0.3, 0.4) is 0 Å². The van der Waals surface area contributed by atoms with Gasteiger partial charge in [-0.15, -0.1) is 0 Å². The van der Waals surface area contributed by atoms with Crippen LogP contribution >= 0.6 is 11.6 Å². The number of halogens is 5. The number of amidine groups is 1. The van der Waals surface area contributed by atoms with Gasteiger partial charge in [-0.05, 0) is 36.0 Å². The van der Waals surface area contributed by atoms with Crippen LogP contribution in [-0.2, 0) is 120 Å². The van der Waals surface area contributed by atoms with E-state index in [2.05, 4.69) is 70.9 Å². The number of imidazole rings is 5. The third kappa shape index (κ3) is 36.0. The van der Waals surface area contributed by atoms with Gasteiger partial charge in [-0.3, -0.25) is 59.1 Å². The number of carbonyl (C=O) groups is 7. The summed E-state index contributed by atoms with van der Waals surface area (Å²) in [6.45, 7) is 31.5. The Hall–Kier alpha value is -6.89. The second-order valence-electron chi connectivity index (χ2n) is 20.3. The van der Waals surface area contributed by atoms with Gasteiger partial charge in [0.15, 0.2) is 45.8 Å². The van der Waals surface area contributed by atoms with Crippen molar-refractivity contribution in [3.05, 3.63) is 202 Å². The van der Waals surface area contributed by atoms with Gasteiger partial charge < -0.3 is 132 Å². The number of nitrogen functional groups attached to an aromatic ring is 2. The van der Waals surface area contributed by atoms with Crippen molar-refractivity contribution in [3.63, 3.8) is 0 Å². The van der Waals surface area contributed by atoms with Crippen LogP contribution in [0, 0.1) is 96.2 Å². The predicted molar refractivity (Wildman–Crippen MR) is 373 cm³/mol. The van der Waals surface area contributed by atoms with E-state index in [9.17, 15) is 55.9 Å². The maximum absolute atomic E-state index is 13.0. The largest absolute Gasteiger partial charge is 2.00 e. The predicted octanol–water partition coefficient (Wildman–Crippen LogP) is 7.98. The number of nitrogens with two attached hydrogens (primary N) is 2. The number of aromatic nitrogens is 16. The zero-order valence-corrected chi connectivity index (χ0v) is 80.9. The average molecular weight is 2380 g/mol. The summed E-state index contributed by atoms with van der Waals surface area (Å²) < 4.78 is 65.9. The van der Waals surface area contributed by atoms with E-state index in [1.165, 1.54) is 95.5 Å². The Kier molecular flexibility index (Phi) is 66.2. The summed E-state index contributed by atoms with van der Waals surface area (Å²) in [6.07, 6.45) is 10.1. The molecule has 0 atom stereocenters. The molecule has 0 aromatic carbocycles. The van der Waals surface area contributed by atoms with Crippen molar-refractivity contribution in [2.24, 2.45) is 5.73 Å². The molecular formula is C65H87ClF4N20NaO11W5-. The van der Waals surface area contributed by atoms with Gasteiger partial charge in [-0.1, -0.05) is 11.6 Å². The second-order valence-corrected chi connectivity index (χ2v) is 20.7. The Labute approximate surface area is 720 Å². The Morgan fingerprint density at radius 1 is 0.542 bits per heavy atom. The van der Waals surface area contributed by atoms with Crippen LogP contribution in [0.15, 0.2) is 60.2 Å². The van der Waals surface area contributed by atoms with Crippen LogP contribution in [0.25, 0.3) is 34.6 Å². The molecule has 0 bridgehead atoms. The summed E-state index contributed by atoms with van der Waals surface area (Å²) in [4.78, 5) is 132. The Morgan fingerprint density at radius 2 is 0.850 bits per heavy atom. The van der Waals surface area contributed by atoms with Crippen LogP contribution in [-0.4, -0.2) is 144 Å². The number of carbonyl (C=O) groups excluding carboxylic acids is 7. The van der Waals surface area contributed by atoms with Gasteiger partial charge in [-0.25, -0.2) is 49.5 Å². The fourth-order valence-corrected chi connectivity index (χ4v) is 7.34. The second kappa shape index (κ2) is 57.2. The number of hydrogen-bond acceptors (Lipinski definition) is 24. The number of anilines is 1. The van der Waals surface area contributed by atoms with Gasteiger partial charge in [0.05, 0.1) is 32.3 Å². The van der Waals surface area contributed by atoms with E-state index in [-0.39, 0.29) is 260 Å². The smallest absolute Gasteiger partial charge is 0.870 e. The van der Waals surface area contributed by atoms with Crippen LogP contribution in [0.1, 0.15) is 180 Å². The molecule has 0 saturated carbocycles. The summed E-state index contributed by atoms with van der Waals surface area (Å²) in [6, 6.07) is 0. The summed E-state index contributed by atoms with van der Waals surface area (Å²) in [5.74, 6) is 0.847. The average Bonchev–Trinajstić information content (AvgIpc) is 1.69. The van der Waals surface area contributed by atoms with Crippen molar-refractivity contribution in [2.75, 3.05) is 19.5 Å². The third-order valence-electron chi connectivity index (χ3n) is 11.5. The third-order valence-corrected chi connectivity index (χ3v) is 11.8. The summed E-state index contributed by atoms with van der Waals surface area (Å²) in [7, 11) is 1.28. The molecule has 0 saturated heterocycles. The number of nitrogens with zero attached hydrogens (tertiary/aromatic N) is 15. The molecule has 0 aliphatic heterocycles. The molecule has 0 amide bonds. The minimum atomic E-state index is -1.30. The molecule has 0 fully saturated rings. The number of rotatable bonds is 12. The number of ether oxygens (including phenoxy) is 2. The number of hydrogen-bond donors (Lipinski definition) is 5. The molecule has 8 rings (SSSR count). The summed E-state index contributed by atoms with van der Waals surface area (Å²) >= 11 is 5.60. The van der Waals surface area contributed by atoms with Crippen LogP contribution in [0.4, 0.5) is 23.4 Å². The molecule has 8 heterocycles. The maximum atomic E-state index is 13.0. The molecule has 31 nitrogen and oxygen atoms in total. The molecule has 0 unspecified atom stereocenters. The van der Waals surface area contributed by atoms with Gasteiger partial charge in [0.25, 0.3) is 5.56 Å². The summed E-state index contributed by atoms with van der Waals surface area (Å²) in [5.41, 5.74) is 11.3. The van der Waals surface area contributed by atoms with Crippen molar-refractivity contribution in [2.45, 2.75) is 111 Å². The number of nitrogens with one attached hydrogen (secondary N) is 2. The first-order valence-electron chi connectivity index (χ1n) is 27.4. The van der Waals surface area contributed by atoms with Gasteiger partial charge in [-0.2, -0.15) is 73.6 Å². The van der Waals surface area contributed by atoms with Crippen molar-refractivity contribution in [1.82, 2.24) is 83.8 Å². The van der Waals surface area contributed by atoms with Gasteiger partial charge in [0, 0.05) is 71.4 Å². The van der Waals surface area contributed by atoms with Crippen molar-refractivity contribution < 1.29 is 201 Å². The van der Waals surface area contributed by atoms with Crippen molar-refractivity contribution in [1.29, 1.82) is 5.41 Å². The minimum Gasteiger partial charge on any atom is -0.870 e. The normalized spacial score (nSPS) is 8.92. The van der Waals surface area contributed by atoms with Gasteiger partial charge >= 0.3 is 141 Å². The minimum absolute atomic E-state index is 0. The zero-order chi connectivity index (χ0) is 71.5. The molecule has 0 aliphatic rings. The fraction of sp³-hybridized carbons (Fsp3) is 0.277. The van der Waals surface area contributed by atoms with Crippen molar-refractivity contribution >= 4 is 64.7 Å². The molecule has 42 heteroatoms. The maximum Gasteiger partial charge on any atom is 2.00 e. The molecular weight excluding hydrogens is 2290 g/mol. The summed E-state index contributed by atoms with van der Waals surface area (Å²) in [5, 5.41) is 6.93. The molecule has 107 heavy (non-hydrogen) atoms. The van der Waals surface area contributed by atoms with E-state index < -0.39 is 40.8 Å². The van der Waals surface area contributed by atoms with E-state index >= 15 is 0 Å². The number of aromatic amines is 1. The fourth-order valence-electron chi connectivity index (χ4n) is 7.21. The Bertz CT molecular complexity index is 4080. The number of H-pyrrole nitrogens is 1. The van der Waals surface area contributed by atoms with Crippen LogP contribution in [0.2, 0.25) is 5.15 Å².